The molecule has 0 bridgehead atoms. The lowest BCUT2D eigenvalue weighted by atomic mass is 10.1. The largest absolute Gasteiger partial charge is 0.459 e. The predicted octanol–water partition coefficient (Wildman–Crippen LogP) is 2.45. The number of rotatable bonds is 4. The summed E-state index contributed by atoms with van der Waals surface area (Å²) >= 11 is 6.07. The highest BCUT2D eigenvalue weighted by atomic mass is 35.5. The van der Waals surface area contributed by atoms with E-state index < -0.39 is 5.97 Å². The number of anilines is 1. The van der Waals surface area contributed by atoms with Gasteiger partial charge in [0.15, 0.2) is 0 Å². The van der Waals surface area contributed by atoms with Crippen molar-refractivity contribution in [3.05, 3.63) is 28.8 Å². The molecule has 0 aromatic heterocycles. The van der Waals surface area contributed by atoms with Crippen LogP contribution in [0.4, 0.5) is 5.69 Å². The van der Waals surface area contributed by atoms with Crippen molar-refractivity contribution in [2.45, 2.75) is 26.4 Å². The van der Waals surface area contributed by atoms with Crippen LogP contribution in [-0.4, -0.2) is 31.1 Å². The maximum absolute atomic E-state index is 12.1. The second-order valence-electron chi connectivity index (χ2n) is 5.33. The third-order valence-electron chi connectivity index (χ3n) is 3.23. The van der Waals surface area contributed by atoms with Crippen molar-refractivity contribution in [3.63, 3.8) is 0 Å². The summed E-state index contributed by atoms with van der Waals surface area (Å²) in [6.07, 6.45) is 0.606. The van der Waals surface area contributed by atoms with Crippen molar-refractivity contribution >= 4 is 29.2 Å². The summed E-state index contributed by atoms with van der Waals surface area (Å²) in [6, 6.07) is 4.72. The Bertz CT molecular complexity index is 540. The van der Waals surface area contributed by atoms with E-state index in [0.29, 0.717) is 22.8 Å². The number of carbonyl (C=O) groups excluding carboxylic acids is 2. The van der Waals surface area contributed by atoms with Gasteiger partial charge < -0.3 is 15.4 Å². The van der Waals surface area contributed by atoms with Gasteiger partial charge in [0, 0.05) is 6.54 Å². The number of esters is 1. The van der Waals surface area contributed by atoms with E-state index in [1.165, 1.54) is 0 Å². The van der Waals surface area contributed by atoms with Crippen LogP contribution in [0, 0.1) is 5.92 Å². The van der Waals surface area contributed by atoms with E-state index in [1.807, 2.05) is 0 Å². The quantitative estimate of drug-likeness (QED) is 0.838. The van der Waals surface area contributed by atoms with Crippen LogP contribution in [0.5, 0.6) is 0 Å². The van der Waals surface area contributed by atoms with Crippen molar-refractivity contribution in [3.8, 4) is 0 Å². The van der Waals surface area contributed by atoms with E-state index in [1.54, 1.807) is 32.0 Å². The second kappa shape index (κ2) is 6.91. The third-order valence-corrected chi connectivity index (χ3v) is 3.56. The lowest BCUT2D eigenvalue weighted by Crippen LogP contribution is -2.25. The number of ether oxygens (including phenoxy) is 1. The monoisotopic (exact) mass is 310 g/mol. The van der Waals surface area contributed by atoms with Gasteiger partial charge in [0.05, 0.1) is 28.3 Å². The Balaban J connectivity index is 2.11. The Morgan fingerprint density at radius 3 is 2.81 bits per heavy atom. The molecule has 0 saturated carbocycles. The van der Waals surface area contributed by atoms with Gasteiger partial charge in [-0.05, 0) is 45.0 Å². The number of nitrogens with one attached hydrogen (secondary N) is 2. The zero-order valence-corrected chi connectivity index (χ0v) is 12.9. The molecule has 1 amide bonds. The normalized spacial score (nSPS) is 17.8. The van der Waals surface area contributed by atoms with E-state index in [-0.39, 0.29) is 17.9 Å². The van der Waals surface area contributed by atoms with Crippen molar-refractivity contribution in [1.29, 1.82) is 0 Å². The Hall–Kier alpha value is -1.59. The first-order chi connectivity index (χ1) is 9.97. The molecule has 6 heteroatoms. The molecule has 2 rings (SSSR count). The lowest BCUT2D eigenvalue weighted by Gasteiger charge is -2.13. The zero-order valence-electron chi connectivity index (χ0n) is 12.1. The Labute approximate surface area is 129 Å². The van der Waals surface area contributed by atoms with E-state index in [9.17, 15) is 9.59 Å². The maximum Gasteiger partial charge on any atom is 0.338 e. The summed E-state index contributed by atoms with van der Waals surface area (Å²) < 4.78 is 5.13. The summed E-state index contributed by atoms with van der Waals surface area (Å²) in [5.41, 5.74) is 0.805. The number of halogens is 1. The van der Waals surface area contributed by atoms with Crippen molar-refractivity contribution in [2.75, 3.05) is 18.4 Å². The third kappa shape index (κ3) is 4.19. The number of hydrogen-bond donors (Lipinski definition) is 2. The molecule has 2 N–H and O–H groups in total. The smallest absolute Gasteiger partial charge is 0.338 e. The standard InChI is InChI=1S/C15H19ClN2O3/c1-9(2)21-15(20)10-3-4-12(16)13(7-10)18-14(19)11-5-6-17-8-11/h3-4,7,9,11,17H,5-6,8H2,1-2H3,(H,18,19). The highest BCUT2D eigenvalue weighted by Crippen LogP contribution is 2.25. The molecule has 1 aliphatic rings. The summed E-state index contributed by atoms with van der Waals surface area (Å²) in [4.78, 5) is 24.0. The van der Waals surface area contributed by atoms with E-state index >= 15 is 0 Å². The van der Waals surface area contributed by atoms with Gasteiger partial charge in [-0.2, -0.15) is 0 Å². The molecule has 5 nitrogen and oxygen atoms in total. The predicted molar refractivity (Wildman–Crippen MR) is 81.6 cm³/mol. The van der Waals surface area contributed by atoms with Crippen molar-refractivity contribution in [1.82, 2.24) is 5.32 Å². The van der Waals surface area contributed by atoms with Crippen LogP contribution in [-0.2, 0) is 9.53 Å². The van der Waals surface area contributed by atoms with Gasteiger partial charge in [-0.25, -0.2) is 4.79 Å². The minimum absolute atomic E-state index is 0.0626. The fraction of sp³-hybridized carbons (Fsp3) is 0.467. The molecule has 0 radical (unpaired) electrons. The van der Waals surface area contributed by atoms with Crippen LogP contribution < -0.4 is 10.6 Å². The highest BCUT2D eigenvalue weighted by Gasteiger charge is 2.23. The van der Waals surface area contributed by atoms with Crippen LogP contribution in [0.15, 0.2) is 18.2 Å². The molecular formula is C15H19ClN2O3. The van der Waals surface area contributed by atoms with Gasteiger partial charge >= 0.3 is 5.97 Å². The Morgan fingerprint density at radius 2 is 2.19 bits per heavy atom. The summed E-state index contributed by atoms with van der Waals surface area (Å²) in [5, 5.41) is 6.32. The van der Waals surface area contributed by atoms with Crippen LogP contribution in [0.1, 0.15) is 30.6 Å². The molecule has 1 atom stereocenters. The summed E-state index contributed by atoms with van der Waals surface area (Å²) in [7, 11) is 0. The Kier molecular flexibility index (Phi) is 5.20. The topological polar surface area (TPSA) is 67.4 Å². The van der Waals surface area contributed by atoms with Crippen molar-refractivity contribution < 1.29 is 14.3 Å². The zero-order chi connectivity index (χ0) is 15.4. The molecule has 1 aromatic rings. The van der Waals surface area contributed by atoms with Crippen LogP contribution in [0.3, 0.4) is 0 Å². The van der Waals surface area contributed by atoms with Gasteiger partial charge in [0.25, 0.3) is 0 Å². The maximum atomic E-state index is 12.1. The first-order valence-electron chi connectivity index (χ1n) is 6.99. The fourth-order valence-electron chi connectivity index (χ4n) is 2.14. The molecule has 0 spiro atoms. The molecule has 1 heterocycles. The minimum atomic E-state index is -0.431. The average Bonchev–Trinajstić information content (AvgIpc) is 2.94. The van der Waals surface area contributed by atoms with Crippen LogP contribution >= 0.6 is 11.6 Å². The van der Waals surface area contributed by atoms with E-state index in [0.717, 1.165) is 13.0 Å². The first kappa shape index (κ1) is 15.8. The van der Waals surface area contributed by atoms with Gasteiger partial charge in [-0.3, -0.25) is 4.79 Å². The van der Waals surface area contributed by atoms with Crippen LogP contribution in [0.25, 0.3) is 0 Å². The lowest BCUT2D eigenvalue weighted by molar-refractivity contribution is -0.119. The first-order valence-corrected chi connectivity index (χ1v) is 7.37. The molecule has 1 aliphatic heterocycles. The molecule has 1 unspecified atom stereocenters. The average molecular weight is 311 g/mol. The van der Waals surface area contributed by atoms with Crippen molar-refractivity contribution in [2.24, 2.45) is 5.92 Å². The van der Waals surface area contributed by atoms with Gasteiger partial charge in [0.1, 0.15) is 0 Å². The molecule has 1 aromatic carbocycles. The van der Waals surface area contributed by atoms with Gasteiger partial charge in [-0.1, -0.05) is 11.6 Å². The SMILES string of the molecule is CC(C)OC(=O)c1ccc(Cl)c(NC(=O)C2CCNC2)c1. The van der Waals surface area contributed by atoms with Crippen LogP contribution in [0.2, 0.25) is 5.02 Å². The minimum Gasteiger partial charge on any atom is -0.459 e. The highest BCUT2D eigenvalue weighted by molar-refractivity contribution is 6.33. The number of benzene rings is 1. The van der Waals surface area contributed by atoms with Gasteiger partial charge in [0.2, 0.25) is 5.91 Å². The van der Waals surface area contributed by atoms with E-state index in [4.69, 9.17) is 16.3 Å². The number of carbonyl (C=O) groups is 2. The molecular weight excluding hydrogens is 292 g/mol. The summed E-state index contributed by atoms with van der Waals surface area (Å²) in [6.45, 7) is 5.07. The molecule has 21 heavy (non-hydrogen) atoms. The molecule has 1 saturated heterocycles. The molecule has 0 aliphatic carbocycles. The second-order valence-corrected chi connectivity index (χ2v) is 5.73. The fourth-order valence-corrected chi connectivity index (χ4v) is 2.31. The summed E-state index contributed by atoms with van der Waals surface area (Å²) in [5.74, 6) is -0.580. The van der Waals surface area contributed by atoms with Gasteiger partial charge in [-0.15, -0.1) is 0 Å². The number of amides is 1. The molecule has 114 valence electrons. The number of hydrogen-bond acceptors (Lipinski definition) is 4. The Morgan fingerprint density at radius 1 is 1.43 bits per heavy atom. The molecule has 1 fully saturated rings. The van der Waals surface area contributed by atoms with E-state index in [2.05, 4.69) is 10.6 Å².